The predicted molar refractivity (Wildman–Crippen MR) is 75.0 cm³/mol. The number of ether oxygens (including phenoxy) is 1. The van der Waals surface area contributed by atoms with Crippen molar-refractivity contribution in [3.63, 3.8) is 0 Å². The lowest BCUT2D eigenvalue weighted by Crippen LogP contribution is -2.04. The Bertz CT molecular complexity index is 598. The molecule has 0 saturated carbocycles. The van der Waals surface area contributed by atoms with Crippen LogP contribution in [0.25, 0.3) is 10.6 Å². The van der Waals surface area contributed by atoms with Crippen molar-refractivity contribution in [2.45, 2.75) is 11.3 Å². The minimum Gasteiger partial charge on any atom is -0.469 e. The number of methoxy groups -OCH3 is 1. The smallest absolute Gasteiger partial charge is 0.311 e. The lowest BCUT2D eigenvalue weighted by molar-refractivity contribution is -0.139. The molecule has 3 nitrogen and oxygen atoms in total. The zero-order chi connectivity index (χ0) is 13.8. The highest BCUT2D eigenvalue weighted by Crippen LogP contribution is 2.34. The van der Waals surface area contributed by atoms with Crippen molar-refractivity contribution in [1.29, 1.82) is 0 Å². The van der Waals surface area contributed by atoms with E-state index in [4.69, 9.17) is 0 Å². The maximum absolute atomic E-state index is 13.9. The third kappa shape index (κ3) is 3.13. The average molecular weight is 297 g/mol. The molecule has 0 saturated heterocycles. The van der Waals surface area contributed by atoms with Gasteiger partial charge in [0.2, 0.25) is 0 Å². The van der Waals surface area contributed by atoms with Crippen molar-refractivity contribution >= 4 is 29.1 Å². The lowest BCUT2D eigenvalue weighted by Gasteiger charge is -2.05. The summed E-state index contributed by atoms with van der Waals surface area (Å²) >= 11 is 2.79. The third-order valence-electron chi connectivity index (χ3n) is 2.51. The Morgan fingerprint density at radius 2 is 2.32 bits per heavy atom. The zero-order valence-electron chi connectivity index (χ0n) is 10.5. The van der Waals surface area contributed by atoms with Gasteiger partial charge >= 0.3 is 5.97 Å². The van der Waals surface area contributed by atoms with Gasteiger partial charge in [-0.3, -0.25) is 4.79 Å². The number of nitrogens with zero attached hydrogens (tertiary/aromatic N) is 1. The summed E-state index contributed by atoms with van der Waals surface area (Å²) in [5.41, 5.74) is 1.10. The quantitative estimate of drug-likeness (QED) is 0.640. The van der Waals surface area contributed by atoms with Crippen LogP contribution in [-0.4, -0.2) is 24.3 Å². The highest BCUT2D eigenvalue weighted by Gasteiger charge is 2.15. The van der Waals surface area contributed by atoms with E-state index >= 15 is 0 Å². The largest absolute Gasteiger partial charge is 0.469 e. The summed E-state index contributed by atoms with van der Waals surface area (Å²) in [6.07, 6.45) is 2.00. The molecule has 0 fully saturated rings. The van der Waals surface area contributed by atoms with E-state index in [0.29, 0.717) is 16.3 Å². The van der Waals surface area contributed by atoms with Crippen LogP contribution >= 0.6 is 23.1 Å². The molecule has 0 spiro atoms. The van der Waals surface area contributed by atoms with Gasteiger partial charge in [-0.25, -0.2) is 9.37 Å². The van der Waals surface area contributed by atoms with Gasteiger partial charge in [-0.1, -0.05) is 6.07 Å². The molecule has 0 aliphatic rings. The minimum atomic E-state index is -0.351. The number of thioether (sulfide) groups is 1. The lowest BCUT2D eigenvalue weighted by atomic mass is 10.2. The van der Waals surface area contributed by atoms with E-state index in [-0.39, 0.29) is 18.2 Å². The molecule has 0 unspecified atom stereocenters. The van der Waals surface area contributed by atoms with Crippen LogP contribution in [0.3, 0.4) is 0 Å². The number of halogens is 1. The SMILES string of the molecule is COC(=O)Cc1csc(-c2c(F)cccc2SC)n1. The average Bonchev–Trinajstić information content (AvgIpc) is 2.86. The molecule has 2 rings (SSSR count). The molecule has 1 aromatic heterocycles. The standard InChI is InChI=1S/C13H12FNO2S2/c1-17-11(16)6-8-7-19-13(15-8)12-9(14)4-3-5-10(12)18-2/h3-5,7H,6H2,1-2H3. The number of hydrogen-bond acceptors (Lipinski definition) is 5. The summed E-state index contributed by atoms with van der Waals surface area (Å²) in [6, 6.07) is 4.94. The number of hydrogen-bond donors (Lipinski definition) is 0. The third-order valence-corrected chi connectivity index (χ3v) is 4.20. The molecule has 0 amide bonds. The van der Waals surface area contributed by atoms with Gasteiger partial charge in [0.1, 0.15) is 10.8 Å². The maximum atomic E-state index is 13.9. The predicted octanol–water partition coefficient (Wildman–Crippen LogP) is 3.39. The normalized spacial score (nSPS) is 10.5. The van der Waals surface area contributed by atoms with E-state index in [1.807, 2.05) is 12.3 Å². The van der Waals surface area contributed by atoms with Crippen LogP contribution in [0.15, 0.2) is 28.5 Å². The summed E-state index contributed by atoms with van der Waals surface area (Å²) in [6.45, 7) is 0. The number of carbonyl (C=O) groups is 1. The van der Waals surface area contributed by atoms with Gasteiger partial charge < -0.3 is 4.74 Å². The van der Waals surface area contributed by atoms with E-state index in [0.717, 1.165) is 4.90 Å². The number of benzene rings is 1. The van der Waals surface area contributed by atoms with E-state index in [1.54, 1.807) is 11.4 Å². The van der Waals surface area contributed by atoms with Crippen LogP contribution in [0.4, 0.5) is 4.39 Å². The maximum Gasteiger partial charge on any atom is 0.311 e. The summed E-state index contributed by atoms with van der Waals surface area (Å²) in [7, 11) is 1.33. The van der Waals surface area contributed by atoms with Crippen molar-refractivity contribution in [2.75, 3.05) is 13.4 Å². The number of carbonyl (C=O) groups excluding carboxylic acids is 1. The van der Waals surface area contributed by atoms with E-state index in [9.17, 15) is 9.18 Å². The molecule has 1 heterocycles. The molecule has 1 aromatic carbocycles. The fourth-order valence-electron chi connectivity index (χ4n) is 1.61. The van der Waals surface area contributed by atoms with Gasteiger partial charge in [-0.05, 0) is 18.4 Å². The first-order chi connectivity index (χ1) is 9.15. The molecule has 0 atom stereocenters. The van der Waals surface area contributed by atoms with Crippen LogP contribution in [0.2, 0.25) is 0 Å². The highest BCUT2D eigenvalue weighted by atomic mass is 32.2. The topological polar surface area (TPSA) is 39.2 Å². The first kappa shape index (κ1) is 14.0. The fourth-order valence-corrected chi connectivity index (χ4v) is 3.16. The van der Waals surface area contributed by atoms with Crippen molar-refractivity contribution in [3.8, 4) is 10.6 Å². The molecule has 0 radical (unpaired) electrons. The molecule has 0 aliphatic carbocycles. The number of rotatable bonds is 4. The monoisotopic (exact) mass is 297 g/mol. The Kier molecular flexibility index (Phi) is 4.55. The Hall–Kier alpha value is -1.40. The summed E-state index contributed by atoms with van der Waals surface area (Å²) in [5.74, 6) is -0.652. The minimum absolute atomic E-state index is 0.107. The Morgan fingerprint density at radius 3 is 3.00 bits per heavy atom. The molecular formula is C13H12FNO2S2. The Labute approximate surface area is 118 Å². The zero-order valence-corrected chi connectivity index (χ0v) is 12.1. The fraction of sp³-hybridized carbons (Fsp3) is 0.231. The van der Waals surface area contributed by atoms with Gasteiger partial charge in [0.25, 0.3) is 0 Å². The molecule has 0 bridgehead atoms. The van der Waals surface area contributed by atoms with Gasteiger partial charge in [0.15, 0.2) is 0 Å². The number of aromatic nitrogens is 1. The van der Waals surface area contributed by atoms with Gasteiger partial charge in [-0.15, -0.1) is 23.1 Å². The van der Waals surface area contributed by atoms with Crippen LogP contribution in [0, 0.1) is 5.82 Å². The first-order valence-electron chi connectivity index (χ1n) is 5.49. The highest BCUT2D eigenvalue weighted by molar-refractivity contribution is 7.98. The second-order valence-corrected chi connectivity index (χ2v) is 5.42. The molecule has 0 aliphatic heterocycles. The summed E-state index contributed by atoms with van der Waals surface area (Å²) < 4.78 is 18.5. The summed E-state index contributed by atoms with van der Waals surface area (Å²) in [4.78, 5) is 16.3. The number of esters is 1. The van der Waals surface area contributed by atoms with Crippen LogP contribution in [0.1, 0.15) is 5.69 Å². The molecule has 2 aromatic rings. The first-order valence-corrected chi connectivity index (χ1v) is 7.60. The van der Waals surface area contributed by atoms with Gasteiger partial charge in [-0.2, -0.15) is 0 Å². The molecule has 0 N–H and O–H groups in total. The van der Waals surface area contributed by atoms with Gasteiger partial charge in [0.05, 0.1) is 24.8 Å². The van der Waals surface area contributed by atoms with E-state index in [2.05, 4.69) is 9.72 Å². The molecule has 19 heavy (non-hydrogen) atoms. The van der Waals surface area contributed by atoms with Crippen LogP contribution in [0.5, 0.6) is 0 Å². The van der Waals surface area contributed by atoms with Crippen molar-refractivity contribution < 1.29 is 13.9 Å². The van der Waals surface area contributed by atoms with E-state index in [1.165, 1.54) is 36.3 Å². The Morgan fingerprint density at radius 1 is 1.53 bits per heavy atom. The van der Waals surface area contributed by atoms with Crippen molar-refractivity contribution in [1.82, 2.24) is 4.98 Å². The Balaban J connectivity index is 2.35. The second-order valence-electron chi connectivity index (χ2n) is 3.71. The van der Waals surface area contributed by atoms with Crippen LogP contribution < -0.4 is 0 Å². The molecule has 100 valence electrons. The summed E-state index contributed by atoms with van der Waals surface area (Å²) in [5, 5.41) is 2.34. The van der Waals surface area contributed by atoms with E-state index < -0.39 is 0 Å². The van der Waals surface area contributed by atoms with Crippen molar-refractivity contribution in [3.05, 3.63) is 35.1 Å². The second kappa shape index (κ2) is 6.16. The van der Waals surface area contributed by atoms with Crippen LogP contribution in [-0.2, 0) is 16.0 Å². The van der Waals surface area contributed by atoms with Crippen molar-refractivity contribution in [2.24, 2.45) is 0 Å². The molecule has 6 heteroatoms. The molecular weight excluding hydrogens is 285 g/mol. The van der Waals surface area contributed by atoms with Gasteiger partial charge in [0, 0.05) is 10.3 Å². The number of thiazole rings is 1.